The molecule has 0 saturated carbocycles. The van der Waals surface area contributed by atoms with Crippen molar-refractivity contribution in [3.8, 4) is 40.3 Å². The summed E-state index contributed by atoms with van der Waals surface area (Å²) in [5.41, 5.74) is 3.56. The number of carbonyl (C=O) groups is 2. The first-order valence-electron chi connectivity index (χ1n) is 10.8. The van der Waals surface area contributed by atoms with Crippen LogP contribution >= 0.6 is 12.2 Å². The molecule has 196 valence electrons. The molecule has 0 saturated heterocycles. The van der Waals surface area contributed by atoms with Crippen molar-refractivity contribution >= 4 is 23.8 Å². The zero-order valence-electron chi connectivity index (χ0n) is 21.1. The van der Waals surface area contributed by atoms with Crippen LogP contribution in [0.3, 0.4) is 0 Å². The Morgan fingerprint density at radius 1 is 0.892 bits per heavy atom. The number of aromatic nitrogens is 1. The summed E-state index contributed by atoms with van der Waals surface area (Å²) in [5.74, 6) is 1.98. The van der Waals surface area contributed by atoms with Crippen molar-refractivity contribution in [3.63, 3.8) is 0 Å². The Morgan fingerprint density at radius 3 is 1.92 bits per heavy atom. The summed E-state index contributed by atoms with van der Waals surface area (Å²) < 4.78 is 21.1. The maximum atomic E-state index is 11.6. The molecule has 0 aliphatic heterocycles. The number of methoxy groups -OCH3 is 4. The SMILES string of the molecule is C.COc1ccc(-c2cc(C)c(C#N)c(=S)[nH]2)cc1OC.COc1ccc(C(=O)CC(C)=O)cc1OC. The normalized spacial score (nSPS) is 9.54. The molecule has 0 spiro atoms. The fraction of sp³-hybridized carbons (Fsp3) is 0.286. The summed E-state index contributed by atoms with van der Waals surface area (Å²) in [4.78, 5) is 25.5. The zero-order chi connectivity index (χ0) is 26.8. The predicted molar refractivity (Wildman–Crippen MR) is 146 cm³/mol. The van der Waals surface area contributed by atoms with Crippen LogP contribution in [0.25, 0.3) is 11.3 Å². The van der Waals surface area contributed by atoms with Crippen LogP contribution in [-0.2, 0) is 4.79 Å². The highest BCUT2D eigenvalue weighted by Gasteiger charge is 2.12. The Morgan fingerprint density at radius 2 is 1.43 bits per heavy atom. The number of Topliss-reactive ketones (excluding diaryl/α,β-unsaturated/α-hetero) is 2. The van der Waals surface area contributed by atoms with E-state index in [1.165, 1.54) is 21.1 Å². The third kappa shape index (κ3) is 7.92. The topological polar surface area (TPSA) is 111 Å². The van der Waals surface area contributed by atoms with E-state index in [9.17, 15) is 9.59 Å². The van der Waals surface area contributed by atoms with E-state index in [1.807, 2.05) is 31.2 Å². The molecule has 0 aliphatic rings. The fourth-order valence-corrected chi connectivity index (χ4v) is 3.64. The number of rotatable bonds is 8. The molecule has 1 N–H and O–H groups in total. The van der Waals surface area contributed by atoms with Crippen LogP contribution in [0.1, 0.15) is 42.3 Å². The highest BCUT2D eigenvalue weighted by molar-refractivity contribution is 7.71. The van der Waals surface area contributed by atoms with Crippen LogP contribution in [0.4, 0.5) is 0 Å². The lowest BCUT2D eigenvalue weighted by Crippen LogP contribution is -2.05. The number of hydrogen-bond donors (Lipinski definition) is 1. The summed E-state index contributed by atoms with van der Waals surface area (Å²) in [7, 11) is 6.21. The van der Waals surface area contributed by atoms with E-state index in [0.717, 1.165) is 16.8 Å². The fourth-order valence-electron chi connectivity index (χ4n) is 3.32. The molecule has 0 amide bonds. The highest BCUT2D eigenvalue weighted by atomic mass is 32.1. The van der Waals surface area contributed by atoms with E-state index < -0.39 is 0 Å². The highest BCUT2D eigenvalue weighted by Crippen LogP contribution is 2.32. The number of aromatic amines is 1. The molecular weight excluding hydrogens is 492 g/mol. The van der Waals surface area contributed by atoms with Crippen molar-refractivity contribution in [1.29, 1.82) is 5.26 Å². The van der Waals surface area contributed by atoms with Gasteiger partial charge in [-0.25, -0.2) is 0 Å². The first kappa shape index (κ1) is 30.9. The zero-order valence-corrected chi connectivity index (χ0v) is 21.9. The number of benzene rings is 2. The number of H-pyrrole nitrogens is 1. The van der Waals surface area contributed by atoms with Crippen molar-refractivity contribution in [2.75, 3.05) is 28.4 Å². The molecule has 0 unspecified atom stereocenters. The van der Waals surface area contributed by atoms with Crippen LogP contribution in [0.2, 0.25) is 0 Å². The minimum atomic E-state index is -0.214. The molecule has 0 bridgehead atoms. The third-order valence-electron chi connectivity index (χ3n) is 5.15. The minimum Gasteiger partial charge on any atom is -0.493 e. The van der Waals surface area contributed by atoms with Gasteiger partial charge in [0.05, 0.1) is 40.4 Å². The molecule has 3 aromatic rings. The molecule has 0 fully saturated rings. The van der Waals surface area contributed by atoms with Crippen LogP contribution in [0.5, 0.6) is 23.0 Å². The lowest BCUT2D eigenvalue weighted by atomic mass is 10.1. The average Bonchev–Trinajstić information content (AvgIpc) is 2.87. The lowest BCUT2D eigenvalue weighted by molar-refractivity contribution is -0.116. The second-order valence-electron chi connectivity index (χ2n) is 7.62. The Hall–Kier alpha value is -4.16. The first-order chi connectivity index (χ1) is 17.2. The maximum absolute atomic E-state index is 11.6. The number of carbonyl (C=O) groups excluding carboxylic acids is 2. The molecule has 2 aromatic carbocycles. The molecule has 37 heavy (non-hydrogen) atoms. The number of aryl methyl sites for hydroxylation is 1. The van der Waals surface area contributed by atoms with Crippen LogP contribution < -0.4 is 18.9 Å². The second-order valence-corrected chi connectivity index (χ2v) is 8.03. The van der Waals surface area contributed by atoms with Gasteiger partial charge in [-0.2, -0.15) is 5.26 Å². The van der Waals surface area contributed by atoms with E-state index in [1.54, 1.807) is 32.4 Å². The summed E-state index contributed by atoms with van der Waals surface area (Å²) in [6.07, 6.45) is -0.0878. The number of pyridine rings is 1. The van der Waals surface area contributed by atoms with Gasteiger partial charge in [-0.3, -0.25) is 9.59 Å². The van der Waals surface area contributed by atoms with Gasteiger partial charge in [-0.15, -0.1) is 0 Å². The van der Waals surface area contributed by atoms with Gasteiger partial charge in [0.15, 0.2) is 28.8 Å². The Balaban J connectivity index is 0.000000369. The number of nitriles is 1. The van der Waals surface area contributed by atoms with Gasteiger partial charge < -0.3 is 23.9 Å². The van der Waals surface area contributed by atoms with Crippen LogP contribution in [0.15, 0.2) is 42.5 Å². The van der Waals surface area contributed by atoms with Crippen molar-refractivity contribution in [1.82, 2.24) is 4.98 Å². The monoisotopic (exact) mass is 524 g/mol. The van der Waals surface area contributed by atoms with Gasteiger partial charge in [-0.05, 0) is 61.9 Å². The standard InChI is InChI=1S/C15H14N2O2S.C12H14O4.CH4/c1-9-6-12(17-15(20)11(9)8-16)10-4-5-13(18-2)14(7-10)19-3;1-8(13)6-10(14)9-4-5-11(15-2)12(7-9)16-3;/h4-7H,1-3H3,(H,17,20);4-5,7H,6H2,1-3H3;1H4. The van der Waals surface area contributed by atoms with Crippen LogP contribution in [-0.4, -0.2) is 45.0 Å². The Bertz CT molecular complexity index is 1360. The Labute approximate surface area is 222 Å². The molecular formula is C28H32N2O6S. The summed E-state index contributed by atoms with van der Waals surface area (Å²) in [6, 6.07) is 14.4. The van der Waals surface area contributed by atoms with Gasteiger partial charge in [0.1, 0.15) is 16.5 Å². The van der Waals surface area contributed by atoms with E-state index >= 15 is 0 Å². The van der Waals surface area contributed by atoms with Gasteiger partial charge in [0.2, 0.25) is 0 Å². The Kier molecular flexibility index (Phi) is 12.0. The largest absolute Gasteiger partial charge is 0.493 e. The van der Waals surface area contributed by atoms with Gasteiger partial charge in [0, 0.05) is 16.8 Å². The molecule has 1 aromatic heterocycles. The second kappa shape index (κ2) is 14.4. The van der Waals surface area contributed by atoms with E-state index in [2.05, 4.69) is 11.1 Å². The molecule has 8 nitrogen and oxygen atoms in total. The molecule has 3 rings (SSSR count). The number of ketones is 2. The summed E-state index contributed by atoms with van der Waals surface area (Å²) in [5, 5.41) is 9.04. The third-order valence-corrected chi connectivity index (χ3v) is 5.46. The van der Waals surface area contributed by atoms with E-state index in [-0.39, 0.29) is 25.4 Å². The molecule has 0 radical (unpaired) electrons. The minimum absolute atomic E-state index is 0. The van der Waals surface area contributed by atoms with Crippen molar-refractivity contribution in [2.24, 2.45) is 0 Å². The van der Waals surface area contributed by atoms with Crippen molar-refractivity contribution in [2.45, 2.75) is 27.7 Å². The first-order valence-corrected chi connectivity index (χ1v) is 11.2. The van der Waals surface area contributed by atoms with E-state index in [4.69, 9.17) is 36.4 Å². The summed E-state index contributed by atoms with van der Waals surface area (Å²) in [6.45, 7) is 3.26. The van der Waals surface area contributed by atoms with Crippen molar-refractivity contribution < 1.29 is 28.5 Å². The molecule has 1 heterocycles. The number of ether oxygens (including phenoxy) is 4. The molecule has 0 atom stereocenters. The number of hydrogen-bond acceptors (Lipinski definition) is 8. The van der Waals surface area contributed by atoms with Gasteiger partial charge >= 0.3 is 0 Å². The number of nitrogens with one attached hydrogen (secondary N) is 1. The quantitative estimate of drug-likeness (QED) is 0.213. The van der Waals surface area contributed by atoms with Gasteiger partial charge in [-0.1, -0.05) is 19.6 Å². The van der Waals surface area contributed by atoms with Crippen molar-refractivity contribution in [3.05, 3.63) is 63.8 Å². The smallest absolute Gasteiger partial charge is 0.170 e. The van der Waals surface area contributed by atoms with Crippen LogP contribution in [0, 0.1) is 22.9 Å². The van der Waals surface area contributed by atoms with Gasteiger partial charge in [0.25, 0.3) is 0 Å². The predicted octanol–water partition coefficient (Wildman–Crippen LogP) is 6.11. The lowest BCUT2D eigenvalue weighted by Gasteiger charge is -2.10. The average molecular weight is 525 g/mol. The summed E-state index contributed by atoms with van der Waals surface area (Å²) >= 11 is 5.20. The molecule has 0 aliphatic carbocycles. The number of nitrogens with zero attached hydrogens (tertiary/aromatic N) is 1. The van der Waals surface area contributed by atoms with E-state index in [0.29, 0.717) is 38.8 Å². The maximum Gasteiger partial charge on any atom is 0.170 e. The molecule has 9 heteroatoms.